The zero-order chi connectivity index (χ0) is 14.7. The lowest BCUT2D eigenvalue weighted by Gasteiger charge is -2.19. The van der Waals surface area contributed by atoms with Crippen LogP contribution in [-0.2, 0) is 9.53 Å². The molecule has 20 heavy (non-hydrogen) atoms. The molecule has 2 rings (SSSR count). The number of carbonyl (C=O) groups excluding carboxylic acids is 3. The quantitative estimate of drug-likeness (QED) is 0.626. The van der Waals surface area contributed by atoms with Crippen molar-refractivity contribution in [3.8, 4) is 0 Å². The third-order valence-electron chi connectivity index (χ3n) is 3.09. The predicted octanol–water partition coefficient (Wildman–Crippen LogP) is 2.71. The van der Waals surface area contributed by atoms with Gasteiger partial charge in [0, 0.05) is 27.6 Å². The molecule has 104 valence electrons. The molecule has 1 aliphatic carbocycles. The molecule has 1 aromatic rings. The van der Waals surface area contributed by atoms with E-state index in [1.54, 1.807) is 31.2 Å². The number of ether oxygens (including phenoxy) is 1. The Bertz CT molecular complexity index is 616. The van der Waals surface area contributed by atoms with Gasteiger partial charge in [0.05, 0.1) is 13.0 Å². The van der Waals surface area contributed by atoms with Crippen molar-refractivity contribution >= 4 is 33.5 Å². The molecule has 0 radical (unpaired) electrons. The van der Waals surface area contributed by atoms with Crippen LogP contribution in [0.15, 0.2) is 35.4 Å². The molecule has 0 heterocycles. The van der Waals surface area contributed by atoms with Gasteiger partial charge in [-0.3, -0.25) is 14.4 Å². The summed E-state index contributed by atoms with van der Waals surface area (Å²) < 4.78 is 4.86. The number of halogens is 1. The summed E-state index contributed by atoms with van der Waals surface area (Å²) in [7, 11) is 0. The summed E-state index contributed by atoms with van der Waals surface area (Å²) in [6, 6.07) is 6.64. The molecule has 1 aromatic carbocycles. The number of alkyl halides is 1. The third-order valence-corrected chi connectivity index (χ3v) is 3.65. The fraction of sp³-hybridized carbons (Fsp3) is 0.267. The number of benzene rings is 1. The lowest BCUT2D eigenvalue weighted by atomic mass is 9.83. The zero-order valence-corrected chi connectivity index (χ0v) is 12.5. The van der Waals surface area contributed by atoms with Gasteiger partial charge in [0.25, 0.3) is 0 Å². The predicted molar refractivity (Wildman–Crippen MR) is 77.2 cm³/mol. The molecular weight excluding hydrogens is 324 g/mol. The van der Waals surface area contributed by atoms with Crippen LogP contribution in [-0.4, -0.2) is 29.5 Å². The van der Waals surface area contributed by atoms with E-state index in [0.717, 1.165) is 0 Å². The molecule has 0 atom stereocenters. The summed E-state index contributed by atoms with van der Waals surface area (Å²) in [5, 5.41) is 0.237. The largest absolute Gasteiger partial charge is 0.466 e. The summed E-state index contributed by atoms with van der Waals surface area (Å²) in [5.74, 6) is -0.986. The number of esters is 1. The molecule has 4 nitrogen and oxygen atoms in total. The first-order chi connectivity index (χ1) is 9.60. The molecule has 0 spiro atoms. The average Bonchev–Trinajstić information content (AvgIpc) is 2.45. The molecular formula is C15H13BrO4. The van der Waals surface area contributed by atoms with Crippen molar-refractivity contribution in [2.24, 2.45) is 0 Å². The van der Waals surface area contributed by atoms with Crippen molar-refractivity contribution in [1.82, 2.24) is 0 Å². The first-order valence-corrected chi connectivity index (χ1v) is 7.34. The highest BCUT2D eigenvalue weighted by molar-refractivity contribution is 9.09. The minimum Gasteiger partial charge on any atom is -0.466 e. The Morgan fingerprint density at radius 3 is 2.15 bits per heavy atom. The van der Waals surface area contributed by atoms with Gasteiger partial charge < -0.3 is 4.74 Å². The maximum atomic E-state index is 12.4. The number of Topliss-reactive ketones (excluding diaryl/α,β-unsaturated/α-hetero) is 2. The molecule has 0 saturated carbocycles. The number of rotatable bonds is 4. The van der Waals surface area contributed by atoms with E-state index in [4.69, 9.17) is 4.74 Å². The van der Waals surface area contributed by atoms with Gasteiger partial charge in [-0.1, -0.05) is 40.2 Å². The Morgan fingerprint density at radius 1 is 1.10 bits per heavy atom. The van der Waals surface area contributed by atoms with E-state index in [2.05, 4.69) is 15.9 Å². The van der Waals surface area contributed by atoms with Crippen molar-refractivity contribution in [3.05, 3.63) is 46.5 Å². The minimum atomic E-state index is -0.499. The molecule has 1 aliphatic rings. The Balaban J connectivity index is 2.45. The van der Waals surface area contributed by atoms with Crippen LogP contribution in [0.25, 0.3) is 0 Å². The van der Waals surface area contributed by atoms with Crippen molar-refractivity contribution in [2.75, 3.05) is 11.9 Å². The van der Waals surface area contributed by atoms with E-state index in [1.807, 2.05) is 0 Å². The van der Waals surface area contributed by atoms with Crippen LogP contribution in [0.5, 0.6) is 0 Å². The highest BCUT2D eigenvalue weighted by Crippen LogP contribution is 2.29. The Labute approximate surface area is 124 Å². The summed E-state index contributed by atoms with van der Waals surface area (Å²) in [6.07, 6.45) is -0.173. The Kier molecular flexibility index (Phi) is 4.49. The standard InChI is InChI=1S/C15H13BrO4/c1-2-20-13(17)7-11-12(8-16)15(19)10-6-4-3-5-9(10)14(11)18/h3-6H,2,7-8H2,1H3. The summed E-state index contributed by atoms with van der Waals surface area (Å²) in [5.41, 5.74) is 1.30. The number of fused-ring (bicyclic) bond motifs is 1. The summed E-state index contributed by atoms with van der Waals surface area (Å²) in [4.78, 5) is 36.4. The Hall–Kier alpha value is -1.75. The minimum absolute atomic E-state index is 0.173. The van der Waals surface area contributed by atoms with Crippen molar-refractivity contribution < 1.29 is 19.1 Å². The van der Waals surface area contributed by atoms with E-state index in [-0.39, 0.29) is 35.5 Å². The normalized spacial score (nSPS) is 14.3. The summed E-state index contributed by atoms with van der Waals surface area (Å²) in [6.45, 7) is 1.94. The molecule has 5 heteroatoms. The van der Waals surface area contributed by atoms with E-state index in [0.29, 0.717) is 16.7 Å². The highest BCUT2D eigenvalue weighted by atomic mass is 79.9. The molecule has 0 aromatic heterocycles. The smallest absolute Gasteiger partial charge is 0.310 e. The first-order valence-electron chi connectivity index (χ1n) is 6.22. The van der Waals surface area contributed by atoms with Crippen LogP contribution in [0.3, 0.4) is 0 Å². The van der Waals surface area contributed by atoms with Gasteiger partial charge in [-0.05, 0) is 6.92 Å². The number of allylic oxidation sites excluding steroid dienone is 1. The number of hydrogen-bond acceptors (Lipinski definition) is 4. The topological polar surface area (TPSA) is 60.4 Å². The van der Waals surface area contributed by atoms with Crippen LogP contribution in [0.2, 0.25) is 0 Å². The zero-order valence-electron chi connectivity index (χ0n) is 10.9. The van der Waals surface area contributed by atoms with E-state index in [1.165, 1.54) is 0 Å². The number of carbonyl (C=O) groups is 3. The van der Waals surface area contributed by atoms with Gasteiger partial charge in [-0.15, -0.1) is 0 Å². The van der Waals surface area contributed by atoms with Crippen LogP contribution in [0, 0.1) is 0 Å². The molecule has 0 fully saturated rings. The van der Waals surface area contributed by atoms with E-state index < -0.39 is 5.97 Å². The molecule has 0 saturated heterocycles. The number of ketones is 2. The average molecular weight is 337 g/mol. The van der Waals surface area contributed by atoms with Crippen LogP contribution < -0.4 is 0 Å². The second kappa shape index (κ2) is 6.13. The SMILES string of the molecule is CCOC(=O)CC1=C(CBr)C(=O)c2ccccc2C1=O. The van der Waals surface area contributed by atoms with Crippen molar-refractivity contribution in [2.45, 2.75) is 13.3 Å². The van der Waals surface area contributed by atoms with Gasteiger partial charge >= 0.3 is 5.97 Å². The van der Waals surface area contributed by atoms with Crippen LogP contribution in [0.1, 0.15) is 34.1 Å². The molecule has 0 N–H and O–H groups in total. The second-order valence-electron chi connectivity index (χ2n) is 4.28. The van der Waals surface area contributed by atoms with Crippen molar-refractivity contribution in [1.29, 1.82) is 0 Å². The fourth-order valence-electron chi connectivity index (χ4n) is 2.16. The van der Waals surface area contributed by atoms with Gasteiger partial charge in [0.1, 0.15) is 0 Å². The number of hydrogen-bond donors (Lipinski definition) is 0. The first kappa shape index (κ1) is 14.7. The molecule has 0 amide bonds. The maximum Gasteiger partial charge on any atom is 0.310 e. The second-order valence-corrected chi connectivity index (χ2v) is 4.84. The van der Waals surface area contributed by atoms with E-state index >= 15 is 0 Å². The van der Waals surface area contributed by atoms with Gasteiger partial charge in [0.15, 0.2) is 11.6 Å². The lowest BCUT2D eigenvalue weighted by molar-refractivity contribution is -0.142. The lowest BCUT2D eigenvalue weighted by Crippen LogP contribution is -2.24. The van der Waals surface area contributed by atoms with Gasteiger partial charge in [0.2, 0.25) is 0 Å². The van der Waals surface area contributed by atoms with Gasteiger partial charge in [-0.25, -0.2) is 0 Å². The Morgan fingerprint density at radius 2 is 1.65 bits per heavy atom. The fourth-order valence-corrected chi connectivity index (χ4v) is 2.76. The highest BCUT2D eigenvalue weighted by Gasteiger charge is 2.32. The third kappa shape index (κ3) is 2.58. The molecule has 0 aliphatic heterocycles. The van der Waals surface area contributed by atoms with Crippen LogP contribution in [0.4, 0.5) is 0 Å². The molecule has 0 unspecified atom stereocenters. The van der Waals surface area contributed by atoms with E-state index in [9.17, 15) is 14.4 Å². The van der Waals surface area contributed by atoms with Crippen molar-refractivity contribution in [3.63, 3.8) is 0 Å². The monoisotopic (exact) mass is 336 g/mol. The summed E-state index contributed by atoms with van der Waals surface area (Å²) >= 11 is 3.22. The molecule has 0 bridgehead atoms. The van der Waals surface area contributed by atoms with Gasteiger partial charge in [-0.2, -0.15) is 0 Å². The maximum absolute atomic E-state index is 12.4. The van der Waals surface area contributed by atoms with Crippen LogP contribution >= 0.6 is 15.9 Å².